The fraction of sp³-hybridized carbons (Fsp3) is 0.250. The average molecular weight is 171 g/mol. The normalized spacial score (nSPS) is 11.0. The van der Waals surface area contributed by atoms with Crippen molar-refractivity contribution >= 4 is 25.1 Å². The summed E-state index contributed by atoms with van der Waals surface area (Å²) in [5.74, 6) is 0. The molecule has 0 nitrogen and oxygen atoms in total. The molecule has 0 saturated heterocycles. The Morgan fingerprint density at radius 3 is 2.30 bits per heavy atom. The van der Waals surface area contributed by atoms with E-state index in [2.05, 4.69) is 31.2 Å². The molecule has 0 amide bonds. The highest BCUT2D eigenvalue weighted by Crippen LogP contribution is 1.96. The van der Waals surface area contributed by atoms with Gasteiger partial charge in [0.15, 0.2) is 8.83 Å². The summed E-state index contributed by atoms with van der Waals surface area (Å²) in [6, 6.07) is 8.59. The van der Waals surface area contributed by atoms with E-state index in [1.54, 1.807) is 0 Å². The molecule has 1 rings (SSSR count). The number of halogens is 1. The Morgan fingerprint density at radius 2 is 1.90 bits per heavy atom. The van der Waals surface area contributed by atoms with Gasteiger partial charge in [0.05, 0.1) is 0 Å². The second-order valence-electron chi connectivity index (χ2n) is 2.30. The molecule has 1 aromatic rings. The van der Waals surface area contributed by atoms with Crippen LogP contribution in [0.25, 0.3) is 0 Å². The van der Waals surface area contributed by atoms with Crippen LogP contribution >= 0.6 is 11.1 Å². The van der Waals surface area contributed by atoms with Crippen LogP contribution in [-0.2, 0) is 6.42 Å². The third kappa shape index (κ3) is 1.86. The van der Waals surface area contributed by atoms with Crippen molar-refractivity contribution in [1.29, 1.82) is 0 Å². The lowest BCUT2D eigenvalue weighted by atomic mass is 10.2. The summed E-state index contributed by atoms with van der Waals surface area (Å²) in [6.07, 6.45) is 1.12. The fourth-order valence-corrected chi connectivity index (χ4v) is 1.81. The van der Waals surface area contributed by atoms with E-state index in [0.717, 1.165) is 6.42 Å². The van der Waals surface area contributed by atoms with Gasteiger partial charge in [0.1, 0.15) is 0 Å². The van der Waals surface area contributed by atoms with E-state index in [9.17, 15) is 0 Å². The standard InChI is InChI=1S/C8H11ClSi/c1-2-7-3-5-8(10-9)6-4-7/h3-6H,2,10H2,1H3. The van der Waals surface area contributed by atoms with Crippen LogP contribution in [0.2, 0.25) is 0 Å². The molecule has 0 fully saturated rings. The van der Waals surface area contributed by atoms with Gasteiger partial charge in [0, 0.05) is 0 Å². The van der Waals surface area contributed by atoms with Gasteiger partial charge in [-0.2, -0.15) is 11.1 Å². The first-order valence-corrected chi connectivity index (χ1v) is 6.35. The van der Waals surface area contributed by atoms with Crippen LogP contribution in [0.15, 0.2) is 24.3 Å². The Balaban J connectivity index is 2.80. The van der Waals surface area contributed by atoms with Gasteiger partial charge in [-0.1, -0.05) is 31.2 Å². The fourth-order valence-electron chi connectivity index (χ4n) is 0.864. The Labute approximate surface area is 68.7 Å². The van der Waals surface area contributed by atoms with Gasteiger partial charge in [-0.15, -0.1) is 0 Å². The van der Waals surface area contributed by atoms with E-state index >= 15 is 0 Å². The van der Waals surface area contributed by atoms with Gasteiger partial charge in [-0.25, -0.2) is 0 Å². The summed E-state index contributed by atoms with van der Waals surface area (Å²) in [7, 11) is -0.460. The molecule has 0 spiro atoms. The number of benzene rings is 1. The highest BCUT2D eigenvalue weighted by atomic mass is 35.6. The van der Waals surface area contributed by atoms with Crippen molar-refractivity contribution in [1.82, 2.24) is 0 Å². The van der Waals surface area contributed by atoms with Gasteiger partial charge in [0.25, 0.3) is 0 Å². The van der Waals surface area contributed by atoms with Crippen LogP contribution in [0.3, 0.4) is 0 Å². The number of aryl methyl sites for hydroxylation is 1. The van der Waals surface area contributed by atoms with E-state index < -0.39 is 8.83 Å². The average Bonchev–Trinajstić information content (AvgIpc) is 2.05. The van der Waals surface area contributed by atoms with Crippen molar-refractivity contribution in [2.24, 2.45) is 0 Å². The molecular weight excluding hydrogens is 160 g/mol. The van der Waals surface area contributed by atoms with Gasteiger partial charge < -0.3 is 0 Å². The summed E-state index contributed by atoms with van der Waals surface area (Å²) in [5, 5.41) is 1.33. The maximum absolute atomic E-state index is 5.76. The SMILES string of the molecule is CCc1ccc([SiH2]Cl)cc1. The van der Waals surface area contributed by atoms with Crippen LogP contribution in [0.1, 0.15) is 12.5 Å². The molecule has 0 radical (unpaired) electrons. The number of rotatable bonds is 2. The molecule has 0 bridgehead atoms. The molecule has 0 aliphatic rings. The minimum absolute atomic E-state index is 0.460. The van der Waals surface area contributed by atoms with Gasteiger partial charge in [-0.3, -0.25) is 0 Å². The third-order valence-electron chi connectivity index (χ3n) is 1.59. The molecule has 0 N–H and O–H groups in total. The summed E-state index contributed by atoms with van der Waals surface area (Å²) >= 11 is 5.76. The van der Waals surface area contributed by atoms with E-state index in [4.69, 9.17) is 11.1 Å². The van der Waals surface area contributed by atoms with Crippen molar-refractivity contribution in [3.63, 3.8) is 0 Å². The van der Waals surface area contributed by atoms with Crippen LogP contribution in [-0.4, -0.2) is 8.83 Å². The quantitative estimate of drug-likeness (QED) is 0.462. The smallest absolute Gasteiger partial charge is 0.155 e. The van der Waals surface area contributed by atoms with E-state index in [-0.39, 0.29) is 0 Å². The lowest BCUT2D eigenvalue weighted by Gasteiger charge is -1.96. The summed E-state index contributed by atoms with van der Waals surface area (Å²) in [6.45, 7) is 2.16. The van der Waals surface area contributed by atoms with Gasteiger partial charge in [-0.05, 0) is 17.2 Å². The zero-order valence-electron chi connectivity index (χ0n) is 6.10. The predicted octanol–water partition coefficient (Wildman–Crippen LogP) is 1.20. The van der Waals surface area contributed by atoms with Crippen molar-refractivity contribution in [2.45, 2.75) is 13.3 Å². The topological polar surface area (TPSA) is 0 Å². The van der Waals surface area contributed by atoms with Crippen molar-refractivity contribution in [2.75, 3.05) is 0 Å². The van der Waals surface area contributed by atoms with Crippen molar-refractivity contribution < 1.29 is 0 Å². The van der Waals surface area contributed by atoms with Crippen molar-refractivity contribution in [3.05, 3.63) is 29.8 Å². The summed E-state index contributed by atoms with van der Waals surface area (Å²) < 4.78 is 0. The van der Waals surface area contributed by atoms with E-state index in [1.165, 1.54) is 10.8 Å². The maximum atomic E-state index is 5.76. The van der Waals surface area contributed by atoms with Crippen LogP contribution in [0.5, 0.6) is 0 Å². The summed E-state index contributed by atoms with van der Waals surface area (Å²) in [5.41, 5.74) is 1.39. The lowest BCUT2D eigenvalue weighted by molar-refractivity contribution is 1.14. The third-order valence-corrected chi connectivity index (χ3v) is 3.29. The minimum Gasteiger partial charge on any atom is -0.170 e. The molecule has 0 heterocycles. The van der Waals surface area contributed by atoms with Gasteiger partial charge in [0.2, 0.25) is 0 Å². The molecule has 0 saturated carbocycles. The molecule has 0 aromatic heterocycles. The molecule has 0 atom stereocenters. The number of hydrogen-bond acceptors (Lipinski definition) is 0. The highest BCUT2D eigenvalue weighted by Gasteiger charge is 1.89. The molecule has 0 aliphatic carbocycles. The lowest BCUT2D eigenvalue weighted by Crippen LogP contribution is -2.07. The summed E-state index contributed by atoms with van der Waals surface area (Å²) in [4.78, 5) is 0. The molecule has 1 aromatic carbocycles. The first kappa shape index (κ1) is 7.83. The molecule has 0 aliphatic heterocycles. The largest absolute Gasteiger partial charge is 0.170 e. The minimum atomic E-state index is -0.460. The Hall–Kier alpha value is -0.273. The number of hydrogen-bond donors (Lipinski definition) is 0. The molecule has 54 valence electrons. The maximum Gasteiger partial charge on any atom is 0.155 e. The Morgan fingerprint density at radius 1 is 1.30 bits per heavy atom. The first-order valence-electron chi connectivity index (χ1n) is 3.50. The van der Waals surface area contributed by atoms with E-state index in [1.807, 2.05) is 0 Å². The Kier molecular flexibility index (Phi) is 2.97. The predicted molar refractivity (Wildman–Crippen MR) is 49.9 cm³/mol. The molecule has 2 heteroatoms. The van der Waals surface area contributed by atoms with Crippen LogP contribution in [0, 0.1) is 0 Å². The molecular formula is C8H11ClSi. The molecule has 0 unspecified atom stereocenters. The second kappa shape index (κ2) is 3.79. The van der Waals surface area contributed by atoms with Crippen molar-refractivity contribution in [3.8, 4) is 0 Å². The zero-order valence-corrected chi connectivity index (χ0v) is 8.27. The van der Waals surface area contributed by atoms with Gasteiger partial charge >= 0.3 is 0 Å². The molecule has 10 heavy (non-hydrogen) atoms. The zero-order chi connectivity index (χ0) is 7.40. The van der Waals surface area contributed by atoms with E-state index in [0.29, 0.717) is 0 Å². The first-order chi connectivity index (χ1) is 4.86. The Bertz CT molecular complexity index is 170. The van der Waals surface area contributed by atoms with Crippen LogP contribution in [0.4, 0.5) is 0 Å². The van der Waals surface area contributed by atoms with Crippen LogP contribution < -0.4 is 5.19 Å². The second-order valence-corrected chi connectivity index (χ2v) is 4.19. The monoisotopic (exact) mass is 170 g/mol. The highest BCUT2D eigenvalue weighted by molar-refractivity contribution is 7.01.